The lowest BCUT2D eigenvalue weighted by Gasteiger charge is -2.19. The highest BCUT2D eigenvalue weighted by Crippen LogP contribution is 2.36. The maximum absolute atomic E-state index is 5.81. The quantitative estimate of drug-likeness (QED) is 0.388. The molecule has 114 valence electrons. The van der Waals surface area contributed by atoms with Gasteiger partial charge in [0, 0.05) is 10.9 Å². The Bertz CT molecular complexity index is 982. The number of rotatable bonds is 1. The van der Waals surface area contributed by atoms with Crippen LogP contribution in [0.4, 0.5) is 0 Å². The van der Waals surface area contributed by atoms with E-state index in [1.54, 1.807) is 0 Å². The van der Waals surface area contributed by atoms with Crippen molar-refractivity contribution in [1.29, 1.82) is 0 Å². The van der Waals surface area contributed by atoms with Gasteiger partial charge in [-0.25, -0.2) is 0 Å². The van der Waals surface area contributed by atoms with Crippen molar-refractivity contribution < 1.29 is 4.42 Å². The molecule has 0 saturated heterocycles. The monoisotopic (exact) mass is 300 g/mol. The summed E-state index contributed by atoms with van der Waals surface area (Å²) in [6.07, 6.45) is 1.88. The smallest absolute Gasteiger partial charge is 0.135 e. The highest BCUT2D eigenvalue weighted by atomic mass is 16.3. The fourth-order valence-electron chi connectivity index (χ4n) is 3.17. The van der Waals surface area contributed by atoms with Gasteiger partial charge in [-0.2, -0.15) is 0 Å². The molecule has 4 aromatic rings. The SMILES string of the molecule is CC(C)(C)c1ccc(-c2coc3ccc4ccccc4c23)cc1. The van der Waals surface area contributed by atoms with Crippen LogP contribution in [-0.2, 0) is 5.41 Å². The van der Waals surface area contributed by atoms with Gasteiger partial charge in [-0.1, -0.05) is 75.4 Å². The van der Waals surface area contributed by atoms with Gasteiger partial charge in [0.25, 0.3) is 0 Å². The van der Waals surface area contributed by atoms with Crippen molar-refractivity contribution in [2.75, 3.05) is 0 Å². The third-order valence-electron chi connectivity index (χ3n) is 4.53. The predicted octanol–water partition coefficient (Wildman–Crippen LogP) is 6.55. The Kier molecular flexibility index (Phi) is 3.05. The third kappa shape index (κ3) is 2.33. The second-order valence-electron chi connectivity index (χ2n) is 7.14. The highest BCUT2D eigenvalue weighted by Gasteiger charge is 2.15. The summed E-state index contributed by atoms with van der Waals surface area (Å²) < 4.78 is 5.81. The largest absolute Gasteiger partial charge is 0.464 e. The van der Waals surface area contributed by atoms with Crippen molar-refractivity contribution in [3.63, 3.8) is 0 Å². The molecule has 0 radical (unpaired) electrons. The topological polar surface area (TPSA) is 13.1 Å². The third-order valence-corrected chi connectivity index (χ3v) is 4.53. The first-order valence-electron chi connectivity index (χ1n) is 8.04. The van der Waals surface area contributed by atoms with E-state index in [9.17, 15) is 0 Å². The van der Waals surface area contributed by atoms with Crippen LogP contribution in [0.2, 0.25) is 0 Å². The molecule has 0 aliphatic carbocycles. The van der Waals surface area contributed by atoms with Gasteiger partial charge in [0.1, 0.15) is 5.58 Å². The van der Waals surface area contributed by atoms with Crippen LogP contribution in [0.15, 0.2) is 71.3 Å². The summed E-state index contributed by atoms with van der Waals surface area (Å²) in [5.74, 6) is 0. The molecule has 1 aromatic heterocycles. The number of benzene rings is 3. The summed E-state index contributed by atoms with van der Waals surface area (Å²) in [6.45, 7) is 6.72. The maximum atomic E-state index is 5.81. The Morgan fingerprint density at radius 1 is 0.783 bits per heavy atom. The molecular weight excluding hydrogens is 280 g/mol. The van der Waals surface area contributed by atoms with Crippen LogP contribution in [0.25, 0.3) is 32.9 Å². The summed E-state index contributed by atoms with van der Waals surface area (Å²) in [7, 11) is 0. The zero-order valence-electron chi connectivity index (χ0n) is 13.8. The first-order chi connectivity index (χ1) is 11.0. The normalized spacial score (nSPS) is 12.1. The minimum atomic E-state index is 0.170. The van der Waals surface area contributed by atoms with Gasteiger partial charge in [0.15, 0.2) is 0 Å². The molecule has 3 aromatic carbocycles. The Morgan fingerprint density at radius 3 is 2.26 bits per heavy atom. The standard InChI is InChI=1S/C22H20O/c1-22(2,3)17-11-8-16(9-12-17)19-14-23-20-13-10-15-6-4-5-7-18(15)21(19)20/h4-14H,1-3H3. The molecular formula is C22H20O. The number of hydrogen-bond acceptors (Lipinski definition) is 1. The second kappa shape index (κ2) is 4.99. The summed E-state index contributed by atoms with van der Waals surface area (Å²) in [6, 6.07) is 21.5. The molecule has 1 heteroatoms. The molecule has 0 bridgehead atoms. The molecule has 0 N–H and O–H groups in total. The molecule has 0 amide bonds. The summed E-state index contributed by atoms with van der Waals surface area (Å²) >= 11 is 0. The fourth-order valence-corrected chi connectivity index (χ4v) is 3.17. The Labute approximate surface area is 136 Å². The van der Waals surface area contributed by atoms with Gasteiger partial charge < -0.3 is 4.42 Å². The van der Waals surface area contributed by atoms with Gasteiger partial charge in [-0.05, 0) is 33.4 Å². The first kappa shape index (κ1) is 14.1. The van der Waals surface area contributed by atoms with E-state index in [-0.39, 0.29) is 5.41 Å². The number of hydrogen-bond donors (Lipinski definition) is 0. The minimum absolute atomic E-state index is 0.170. The molecule has 0 atom stereocenters. The first-order valence-corrected chi connectivity index (χ1v) is 8.04. The maximum Gasteiger partial charge on any atom is 0.135 e. The highest BCUT2D eigenvalue weighted by molar-refractivity contribution is 6.12. The minimum Gasteiger partial charge on any atom is -0.464 e. The predicted molar refractivity (Wildman–Crippen MR) is 97.9 cm³/mol. The number of fused-ring (bicyclic) bond motifs is 3. The van der Waals surface area contributed by atoms with Crippen LogP contribution >= 0.6 is 0 Å². The average molecular weight is 300 g/mol. The molecule has 0 fully saturated rings. The van der Waals surface area contributed by atoms with Crippen molar-refractivity contribution in [3.05, 3.63) is 72.5 Å². The molecule has 1 heterocycles. The van der Waals surface area contributed by atoms with Crippen molar-refractivity contribution in [3.8, 4) is 11.1 Å². The van der Waals surface area contributed by atoms with E-state index in [0.29, 0.717) is 0 Å². The molecule has 23 heavy (non-hydrogen) atoms. The lowest BCUT2D eigenvalue weighted by Crippen LogP contribution is -2.10. The second-order valence-corrected chi connectivity index (χ2v) is 7.14. The van der Waals surface area contributed by atoms with Crippen LogP contribution in [0.5, 0.6) is 0 Å². The van der Waals surface area contributed by atoms with E-state index in [0.717, 1.165) is 11.1 Å². The van der Waals surface area contributed by atoms with Crippen LogP contribution in [-0.4, -0.2) is 0 Å². The van der Waals surface area contributed by atoms with E-state index in [1.165, 1.54) is 27.3 Å². The summed E-state index contributed by atoms with van der Waals surface area (Å²) in [5.41, 5.74) is 4.83. The van der Waals surface area contributed by atoms with Gasteiger partial charge >= 0.3 is 0 Å². The van der Waals surface area contributed by atoms with Crippen molar-refractivity contribution in [2.24, 2.45) is 0 Å². The van der Waals surface area contributed by atoms with Crippen molar-refractivity contribution >= 4 is 21.7 Å². The molecule has 0 spiro atoms. The molecule has 0 aliphatic heterocycles. The van der Waals surface area contributed by atoms with Crippen molar-refractivity contribution in [2.45, 2.75) is 26.2 Å². The fraction of sp³-hybridized carbons (Fsp3) is 0.182. The molecule has 0 saturated carbocycles. The lowest BCUT2D eigenvalue weighted by atomic mass is 9.86. The lowest BCUT2D eigenvalue weighted by molar-refractivity contribution is 0.590. The zero-order chi connectivity index (χ0) is 16.0. The Hall–Kier alpha value is -2.54. The van der Waals surface area contributed by atoms with Crippen LogP contribution in [0.1, 0.15) is 26.3 Å². The summed E-state index contributed by atoms with van der Waals surface area (Å²) in [5, 5.41) is 3.69. The summed E-state index contributed by atoms with van der Waals surface area (Å²) in [4.78, 5) is 0. The molecule has 1 nitrogen and oxygen atoms in total. The zero-order valence-corrected chi connectivity index (χ0v) is 13.8. The van der Waals surface area contributed by atoms with E-state index in [2.05, 4.69) is 81.4 Å². The van der Waals surface area contributed by atoms with E-state index >= 15 is 0 Å². The van der Waals surface area contributed by atoms with Gasteiger partial charge in [-0.15, -0.1) is 0 Å². The number of furan rings is 1. The van der Waals surface area contributed by atoms with Gasteiger partial charge in [0.2, 0.25) is 0 Å². The van der Waals surface area contributed by atoms with Crippen LogP contribution < -0.4 is 0 Å². The Morgan fingerprint density at radius 2 is 1.52 bits per heavy atom. The van der Waals surface area contributed by atoms with E-state index in [4.69, 9.17) is 4.42 Å². The van der Waals surface area contributed by atoms with Gasteiger partial charge in [0.05, 0.1) is 6.26 Å². The molecule has 0 unspecified atom stereocenters. The van der Waals surface area contributed by atoms with E-state index in [1.807, 2.05) is 6.26 Å². The average Bonchev–Trinajstić information content (AvgIpc) is 2.99. The molecule has 4 rings (SSSR count). The van der Waals surface area contributed by atoms with Crippen LogP contribution in [0, 0.1) is 0 Å². The Balaban J connectivity index is 1.94. The molecule has 0 aliphatic rings. The van der Waals surface area contributed by atoms with Crippen LogP contribution in [0.3, 0.4) is 0 Å². The van der Waals surface area contributed by atoms with Crippen molar-refractivity contribution in [1.82, 2.24) is 0 Å². The van der Waals surface area contributed by atoms with Gasteiger partial charge in [-0.3, -0.25) is 0 Å². The van der Waals surface area contributed by atoms with E-state index < -0.39 is 0 Å².